The standard InChI is InChI=1S/C22H32FN5O5S/c1-21(2,3)32-20(29)25-22(4,5)19-24-18(33-26-19)15-27-11-6-12-28(14-13-27)34(30,31)17-9-7-16(23)8-10-17/h7-10H,6,11-15H2,1-5H3,(H,25,29). The minimum atomic E-state index is -3.70. The predicted octanol–water partition coefficient (Wildman–Crippen LogP) is 2.87. The van der Waals surface area contributed by atoms with Gasteiger partial charge in [0, 0.05) is 19.6 Å². The number of alkyl carbamates (subject to hydrolysis) is 1. The molecule has 0 aliphatic carbocycles. The van der Waals surface area contributed by atoms with E-state index in [1.165, 1.54) is 16.4 Å². The molecule has 1 aromatic heterocycles. The van der Waals surface area contributed by atoms with Crippen molar-refractivity contribution in [2.24, 2.45) is 0 Å². The molecule has 1 aliphatic rings. The highest BCUT2D eigenvalue weighted by Gasteiger charge is 2.32. The normalized spacial score (nSPS) is 16.8. The largest absolute Gasteiger partial charge is 0.444 e. The fourth-order valence-corrected chi connectivity index (χ4v) is 4.95. The lowest BCUT2D eigenvalue weighted by Crippen LogP contribution is -2.44. The summed E-state index contributed by atoms with van der Waals surface area (Å²) in [5.74, 6) is 0.192. The van der Waals surface area contributed by atoms with Gasteiger partial charge in [-0.3, -0.25) is 4.90 Å². The number of carbonyl (C=O) groups is 1. The number of halogens is 1. The average Bonchev–Trinajstić information content (AvgIpc) is 3.05. The van der Waals surface area contributed by atoms with Crippen LogP contribution in [-0.2, 0) is 26.8 Å². The Balaban J connectivity index is 1.60. The van der Waals surface area contributed by atoms with Gasteiger partial charge >= 0.3 is 6.09 Å². The molecule has 2 heterocycles. The topological polar surface area (TPSA) is 118 Å². The van der Waals surface area contributed by atoms with Crippen LogP contribution in [0.1, 0.15) is 52.8 Å². The number of benzene rings is 1. The molecular weight excluding hydrogens is 465 g/mol. The molecular formula is C22H32FN5O5S. The summed E-state index contributed by atoms with van der Waals surface area (Å²) in [7, 11) is -3.70. The van der Waals surface area contributed by atoms with Gasteiger partial charge in [0.05, 0.1) is 11.4 Å². The van der Waals surface area contributed by atoms with E-state index in [0.717, 1.165) is 12.1 Å². The first kappa shape index (κ1) is 26.0. The molecule has 34 heavy (non-hydrogen) atoms. The highest BCUT2D eigenvalue weighted by Crippen LogP contribution is 2.21. The SMILES string of the molecule is CC(C)(C)OC(=O)NC(C)(C)c1noc(CN2CCCN(S(=O)(=O)c3ccc(F)cc3)CC2)n1. The monoisotopic (exact) mass is 497 g/mol. The molecule has 1 aromatic carbocycles. The maximum absolute atomic E-state index is 13.2. The molecule has 0 radical (unpaired) electrons. The molecule has 0 saturated carbocycles. The molecule has 10 nitrogen and oxygen atoms in total. The van der Waals surface area contributed by atoms with Gasteiger partial charge in [0.25, 0.3) is 0 Å². The number of carbonyl (C=O) groups excluding carboxylic acids is 1. The number of aromatic nitrogens is 2. The van der Waals surface area contributed by atoms with Gasteiger partial charge in [-0.1, -0.05) is 5.16 Å². The molecule has 3 rings (SSSR count). The first-order valence-electron chi connectivity index (χ1n) is 11.1. The van der Waals surface area contributed by atoms with Crippen molar-refractivity contribution in [3.05, 3.63) is 41.8 Å². The first-order valence-corrected chi connectivity index (χ1v) is 12.5. The molecule has 2 aromatic rings. The summed E-state index contributed by atoms with van der Waals surface area (Å²) in [5, 5.41) is 6.75. The molecule has 1 saturated heterocycles. The van der Waals surface area contributed by atoms with Crippen LogP contribution in [0.3, 0.4) is 0 Å². The zero-order valence-electron chi connectivity index (χ0n) is 20.2. The summed E-state index contributed by atoms with van der Waals surface area (Å²) >= 11 is 0. The van der Waals surface area contributed by atoms with E-state index in [2.05, 4.69) is 15.5 Å². The number of hydrogen-bond donors (Lipinski definition) is 1. The van der Waals surface area contributed by atoms with E-state index >= 15 is 0 Å². The molecule has 1 fully saturated rings. The third-order valence-corrected chi connectivity index (χ3v) is 7.11. The number of rotatable bonds is 6. The summed E-state index contributed by atoms with van der Waals surface area (Å²) in [6, 6.07) is 4.84. The Morgan fingerprint density at radius 3 is 2.44 bits per heavy atom. The lowest BCUT2D eigenvalue weighted by molar-refractivity contribution is 0.0465. The van der Waals surface area contributed by atoms with Gasteiger partial charge in [0.2, 0.25) is 15.9 Å². The van der Waals surface area contributed by atoms with Crippen molar-refractivity contribution in [1.82, 2.24) is 24.7 Å². The van der Waals surface area contributed by atoms with E-state index in [1.54, 1.807) is 34.6 Å². The minimum Gasteiger partial charge on any atom is -0.444 e. The summed E-state index contributed by atoms with van der Waals surface area (Å²) in [6.45, 7) is 10.9. The van der Waals surface area contributed by atoms with Crippen LogP contribution in [-0.4, -0.2) is 65.6 Å². The van der Waals surface area contributed by atoms with Crippen LogP contribution in [0, 0.1) is 5.82 Å². The number of nitrogens with one attached hydrogen (secondary N) is 1. The number of sulfonamides is 1. The van der Waals surface area contributed by atoms with Gasteiger partial charge in [-0.05, 0) is 71.8 Å². The first-order chi connectivity index (χ1) is 15.8. The highest BCUT2D eigenvalue weighted by atomic mass is 32.2. The molecule has 188 valence electrons. The third-order valence-electron chi connectivity index (χ3n) is 5.20. The summed E-state index contributed by atoms with van der Waals surface area (Å²) in [4.78, 5) is 18.7. The maximum atomic E-state index is 13.2. The van der Waals surface area contributed by atoms with Crippen LogP contribution in [0.5, 0.6) is 0 Å². The van der Waals surface area contributed by atoms with Crippen LogP contribution in [0.15, 0.2) is 33.7 Å². The van der Waals surface area contributed by atoms with Crippen molar-refractivity contribution < 1.29 is 26.9 Å². The summed E-state index contributed by atoms with van der Waals surface area (Å²) < 4.78 is 51.1. The molecule has 0 unspecified atom stereocenters. The van der Waals surface area contributed by atoms with Crippen LogP contribution in [0.25, 0.3) is 0 Å². The smallest absolute Gasteiger partial charge is 0.408 e. The maximum Gasteiger partial charge on any atom is 0.408 e. The van der Waals surface area contributed by atoms with Gasteiger partial charge in [0.1, 0.15) is 17.0 Å². The van der Waals surface area contributed by atoms with Gasteiger partial charge in [-0.25, -0.2) is 17.6 Å². The van der Waals surface area contributed by atoms with Crippen molar-refractivity contribution in [1.29, 1.82) is 0 Å². The molecule has 1 amide bonds. The molecule has 12 heteroatoms. The van der Waals surface area contributed by atoms with Crippen LogP contribution >= 0.6 is 0 Å². The molecule has 0 spiro atoms. The van der Waals surface area contributed by atoms with Crippen molar-refractivity contribution in [3.63, 3.8) is 0 Å². The van der Waals surface area contributed by atoms with E-state index in [9.17, 15) is 17.6 Å². The number of ether oxygens (including phenoxy) is 1. The van der Waals surface area contributed by atoms with Crippen molar-refractivity contribution in [3.8, 4) is 0 Å². The Morgan fingerprint density at radius 1 is 1.12 bits per heavy atom. The molecule has 0 bridgehead atoms. The number of amides is 1. The second-order valence-corrected chi connectivity index (χ2v) is 11.7. The Kier molecular flexibility index (Phi) is 7.63. The minimum absolute atomic E-state index is 0.0728. The zero-order valence-corrected chi connectivity index (χ0v) is 21.0. The van der Waals surface area contributed by atoms with Gasteiger partial charge in [-0.2, -0.15) is 9.29 Å². The summed E-state index contributed by atoms with van der Waals surface area (Å²) in [5.41, 5.74) is -1.55. The molecule has 1 aliphatic heterocycles. The Bertz CT molecular complexity index is 1100. The van der Waals surface area contributed by atoms with E-state index in [-0.39, 0.29) is 11.4 Å². The van der Waals surface area contributed by atoms with E-state index in [0.29, 0.717) is 44.3 Å². The molecule has 0 atom stereocenters. The van der Waals surface area contributed by atoms with E-state index in [4.69, 9.17) is 9.26 Å². The Morgan fingerprint density at radius 2 is 1.79 bits per heavy atom. The van der Waals surface area contributed by atoms with E-state index in [1.807, 2.05) is 4.90 Å². The van der Waals surface area contributed by atoms with Crippen molar-refractivity contribution in [2.45, 2.75) is 63.6 Å². The lowest BCUT2D eigenvalue weighted by Gasteiger charge is -2.26. The molecule has 1 N–H and O–H groups in total. The average molecular weight is 498 g/mol. The van der Waals surface area contributed by atoms with Crippen LogP contribution < -0.4 is 5.32 Å². The van der Waals surface area contributed by atoms with Gasteiger partial charge < -0.3 is 14.6 Å². The lowest BCUT2D eigenvalue weighted by atomic mass is 10.1. The summed E-state index contributed by atoms with van der Waals surface area (Å²) in [6.07, 6.45) is 0.0337. The second kappa shape index (κ2) is 9.96. The van der Waals surface area contributed by atoms with Crippen LogP contribution in [0.2, 0.25) is 0 Å². The highest BCUT2D eigenvalue weighted by molar-refractivity contribution is 7.89. The third kappa shape index (κ3) is 6.73. The predicted molar refractivity (Wildman–Crippen MR) is 122 cm³/mol. The van der Waals surface area contributed by atoms with E-state index < -0.39 is 33.1 Å². The Hall–Kier alpha value is -2.57. The van der Waals surface area contributed by atoms with Crippen molar-refractivity contribution in [2.75, 3.05) is 26.2 Å². The van der Waals surface area contributed by atoms with Gasteiger partial charge in [-0.15, -0.1) is 0 Å². The van der Waals surface area contributed by atoms with Gasteiger partial charge in [0.15, 0.2) is 5.82 Å². The van der Waals surface area contributed by atoms with Crippen molar-refractivity contribution >= 4 is 16.1 Å². The Labute approximate surface area is 199 Å². The quantitative estimate of drug-likeness (QED) is 0.647. The van der Waals surface area contributed by atoms with Crippen LogP contribution in [0.4, 0.5) is 9.18 Å². The fraction of sp³-hybridized carbons (Fsp3) is 0.591. The fourth-order valence-electron chi connectivity index (χ4n) is 3.48. The number of nitrogens with zero attached hydrogens (tertiary/aromatic N) is 4. The second-order valence-electron chi connectivity index (χ2n) is 9.75. The zero-order chi connectivity index (χ0) is 25.1. The number of hydrogen-bond acceptors (Lipinski definition) is 8.